The maximum atomic E-state index is 12.8. The normalized spacial score (nSPS) is 25.2. The lowest BCUT2D eigenvalue weighted by atomic mass is 9.92. The van der Waals surface area contributed by atoms with E-state index in [0.29, 0.717) is 13.1 Å². The van der Waals surface area contributed by atoms with Gasteiger partial charge < -0.3 is 16.0 Å². The largest absolute Gasteiger partial charge is 0.369 e. The van der Waals surface area contributed by atoms with E-state index in [9.17, 15) is 9.59 Å². The molecule has 3 rings (SSSR count). The van der Waals surface area contributed by atoms with Crippen molar-refractivity contribution in [2.24, 2.45) is 11.7 Å². The summed E-state index contributed by atoms with van der Waals surface area (Å²) in [6.45, 7) is 1.97. The Hall–Kier alpha value is -1.88. The van der Waals surface area contributed by atoms with Crippen molar-refractivity contribution in [2.45, 2.75) is 25.3 Å². The van der Waals surface area contributed by atoms with Gasteiger partial charge in [-0.05, 0) is 30.4 Å². The lowest BCUT2D eigenvalue weighted by Gasteiger charge is -2.35. The molecule has 0 bridgehead atoms. The predicted molar refractivity (Wildman–Crippen MR) is 79.4 cm³/mol. The second-order valence-electron chi connectivity index (χ2n) is 5.86. The maximum absolute atomic E-state index is 12.8. The van der Waals surface area contributed by atoms with E-state index in [1.165, 1.54) is 5.56 Å². The molecule has 21 heavy (non-hydrogen) atoms. The van der Waals surface area contributed by atoms with Crippen LogP contribution in [0.4, 0.5) is 0 Å². The summed E-state index contributed by atoms with van der Waals surface area (Å²) in [6, 6.07) is 7.78. The molecule has 3 N–H and O–H groups in total. The quantitative estimate of drug-likeness (QED) is 0.836. The Labute approximate surface area is 124 Å². The van der Waals surface area contributed by atoms with Crippen LogP contribution < -0.4 is 11.1 Å². The summed E-state index contributed by atoms with van der Waals surface area (Å²) in [4.78, 5) is 26.0. The van der Waals surface area contributed by atoms with Crippen LogP contribution in [-0.4, -0.2) is 36.3 Å². The molecule has 0 saturated carbocycles. The fourth-order valence-electron chi connectivity index (χ4n) is 3.32. The highest BCUT2D eigenvalue weighted by molar-refractivity contribution is 5.85. The zero-order valence-corrected chi connectivity index (χ0v) is 12.0. The van der Waals surface area contributed by atoms with E-state index in [1.54, 1.807) is 4.90 Å². The first-order valence-corrected chi connectivity index (χ1v) is 7.56. The number of hydrogen-bond acceptors (Lipinski definition) is 3. The molecule has 2 amide bonds. The number of rotatable bonds is 2. The molecule has 0 radical (unpaired) electrons. The van der Waals surface area contributed by atoms with Crippen molar-refractivity contribution in [3.63, 3.8) is 0 Å². The number of piperidine rings is 1. The summed E-state index contributed by atoms with van der Waals surface area (Å²) < 4.78 is 0. The van der Waals surface area contributed by atoms with E-state index in [0.717, 1.165) is 31.4 Å². The second kappa shape index (κ2) is 5.85. The lowest BCUT2D eigenvalue weighted by Crippen LogP contribution is -2.49. The van der Waals surface area contributed by atoms with Gasteiger partial charge in [0.25, 0.3) is 0 Å². The van der Waals surface area contributed by atoms with Crippen LogP contribution in [-0.2, 0) is 16.0 Å². The van der Waals surface area contributed by atoms with Gasteiger partial charge in [0.05, 0.1) is 5.92 Å². The molecule has 1 saturated heterocycles. The van der Waals surface area contributed by atoms with Crippen molar-refractivity contribution < 1.29 is 9.59 Å². The minimum Gasteiger partial charge on any atom is -0.369 e. The summed E-state index contributed by atoms with van der Waals surface area (Å²) in [5.74, 6) is -0.445. The third kappa shape index (κ3) is 2.78. The summed E-state index contributed by atoms with van der Waals surface area (Å²) in [5, 5.41) is 3.31. The summed E-state index contributed by atoms with van der Waals surface area (Å²) in [6.07, 6.45) is 2.57. The average molecular weight is 287 g/mol. The molecule has 0 spiro atoms. The molecule has 1 aromatic carbocycles. The Balaban J connectivity index is 1.78. The third-order valence-corrected chi connectivity index (χ3v) is 4.49. The van der Waals surface area contributed by atoms with Gasteiger partial charge in [0.1, 0.15) is 6.04 Å². The van der Waals surface area contributed by atoms with Crippen LogP contribution in [0, 0.1) is 5.92 Å². The van der Waals surface area contributed by atoms with E-state index >= 15 is 0 Å². The van der Waals surface area contributed by atoms with Crippen LogP contribution >= 0.6 is 0 Å². The molecule has 2 unspecified atom stereocenters. The van der Waals surface area contributed by atoms with Crippen LogP contribution in [0.1, 0.15) is 30.0 Å². The predicted octanol–water partition coefficient (Wildman–Crippen LogP) is 0.597. The van der Waals surface area contributed by atoms with E-state index in [-0.39, 0.29) is 23.8 Å². The number of primary amides is 1. The number of carbonyl (C=O) groups excluding carboxylic acids is 2. The Morgan fingerprint density at radius 3 is 2.90 bits per heavy atom. The zero-order chi connectivity index (χ0) is 14.8. The Morgan fingerprint density at radius 1 is 1.29 bits per heavy atom. The van der Waals surface area contributed by atoms with Crippen LogP contribution in [0.25, 0.3) is 0 Å². The van der Waals surface area contributed by atoms with E-state index in [1.807, 2.05) is 18.2 Å². The fourth-order valence-corrected chi connectivity index (χ4v) is 3.32. The van der Waals surface area contributed by atoms with Crippen molar-refractivity contribution in [1.82, 2.24) is 10.2 Å². The first-order valence-electron chi connectivity index (χ1n) is 7.56. The number of fused-ring (bicyclic) bond motifs is 1. The van der Waals surface area contributed by atoms with Crippen LogP contribution in [0.15, 0.2) is 24.3 Å². The highest BCUT2D eigenvalue weighted by atomic mass is 16.2. The first-order chi connectivity index (χ1) is 10.2. The highest BCUT2D eigenvalue weighted by Crippen LogP contribution is 2.26. The molecule has 1 fully saturated rings. The van der Waals surface area contributed by atoms with Gasteiger partial charge in [-0.15, -0.1) is 0 Å². The smallest absolute Gasteiger partial charge is 0.244 e. The maximum Gasteiger partial charge on any atom is 0.244 e. The highest BCUT2D eigenvalue weighted by Gasteiger charge is 2.33. The zero-order valence-electron chi connectivity index (χ0n) is 12.0. The third-order valence-electron chi connectivity index (χ3n) is 4.49. The summed E-state index contributed by atoms with van der Waals surface area (Å²) in [7, 11) is 0. The molecule has 2 atom stereocenters. The number of carbonyl (C=O) groups is 2. The first kappa shape index (κ1) is 14.1. The Morgan fingerprint density at radius 2 is 2.10 bits per heavy atom. The summed E-state index contributed by atoms with van der Waals surface area (Å²) in [5.41, 5.74) is 7.69. The van der Waals surface area contributed by atoms with Gasteiger partial charge in [-0.1, -0.05) is 24.3 Å². The number of nitrogens with two attached hydrogens (primary N) is 1. The van der Waals surface area contributed by atoms with Gasteiger partial charge in [0.2, 0.25) is 11.8 Å². The number of nitrogens with zero attached hydrogens (tertiary/aromatic N) is 1. The van der Waals surface area contributed by atoms with Gasteiger partial charge >= 0.3 is 0 Å². The number of likely N-dealkylation sites (tertiary alicyclic amines) is 1. The van der Waals surface area contributed by atoms with Crippen molar-refractivity contribution in [3.05, 3.63) is 35.4 Å². The van der Waals surface area contributed by atoms with Crippen LogP contribution in [0.5, 0.6) is 0 Å². The number of nitrogens with one attached hydrogen (secondary N) is 1. The topological polar surface area (TPSA) is 75.4 Å². The molecule has 2 heterocycles. The Bertz CT molecular complexity index is 558. The molecule has 0 aromatic heterocycles. The monoisotopic (exact) mass is 287 g/mol. The van der Waals surface area contributed by atoms with Crippen molar-refractivity contribution in [2.75, 3.05) is 19.6 Å². The number of hydrogen-bond donors (Lipinski definition) is 2. The lowest BCUT2D eigenvalue weighted by molar-refractivity contribution is -0.137. The van der Waals surface area contributed by atoms with Crippen LogP contribution in [0.3, 0.4) is 0 Å². The second-order valence-corrected chi connectivity index (χ2v) is 5.86. The molecule has 5 nitrogen and oxygen atoms in total. The van der Waals surface area contributed by atoms with E-state index in [4.69, 9.17) is 5.73 Å². The molecular formula is C16H21N3O2. The molecular weight excluding hydrogens is 266 g/mol. The standard InChI is InChI=1S/C16H21N3O2/c17-15(20)12-5-3-9-19(10-12)16(21)14-13-6-2-1-4-11(13)7-8-18-14/h1-2,4,6,12,14,18H,3,5,7-10H2,(H2,17,20). The molecule has 0 aliphatic carbocycles. The summed E-state index contributed by atoms with van der Waals surface area (Å²) >= 11 is 0. The van der Waals surface area contributed by atoms with E-state index in [2.05, 4.69) is 11.4 Å². The minimum absolute atomic E-state index is 0.0631. The van der Waals surface area contributed by atoms with Gasteiger partial charge in [0, 0.05) is 19.6 Å². The molecule has 112 valence electrons. The van der Waals surface area contributed by atoms with Crippen molar-refractivity contribution in [1.29, 1.82) is 0 Å². The van der Waals surface area contributed by atoms with Gasteiger partial charge in [0.15, 0.2) is 0 Å². The number of benzene rings is 1. The minimum atomic E-state index is -0.301. The SMILES string of the molecule is NC(=O)C1CCCN(C(=O)C2NCCc3ccccc32)C1. The fraction of sp³-hybridized carbons (Fsp3) is 0.500. The molecule has 1 aromatic rings. The molecule has 2 aliphatic rings. The number of amides is 2. The average Bonchev–Trinajstić information content (AvgIpc) is 2.53. The Kier molecular flexibility index (Phi) is 3.92. The van der Waals surface area contributed by atoms with Crippen LogP contribution in [0.2, 0.25) is 0 Å². The van der Waals surface area contributed by atoms with Gasteiger partial charge in [-0.3, -0.25) is 9.59 Å². The van der Waals surface area contributed by atoms with Gasteiger partial charge in [-0.25, -0.2) is 0 Å². The van der Waals surface area contributed by atoms with Crippen molar-refractivity contribution in [3.8, 4) is 0 Å². The molecule has 2 aliphatic heterocycles. The van der Waals surface area contributed by atoms with E-state index < -0.39 is 0 Å². The van der Waals surface area contributed by atoms with Crippen molar-refractivity contribution >= 4 is 11.8 Å². The molecule has 5 heteroatoms. The van der Waals surface area contributed by atoms with Gasteiger partial charge in [-0.2, -0.15) is 0 Å².